The minimum absolute atomic E-state index is 0.0269. The normalized spacial score (nSPS) is 17.2. The van der Waals surface area contributed by atoms with E-state index in [-0.39, 0.29) is 27.3 Å². The van der Waals surface area contributed by atoms with Gasteiger partial charge >= 0.3 is 6.09 Å². The number of amides is 1. The molecule has 1 amide bonds. The molecule has 14 heteroatoms. The van der Waals surface area contributed by atoms with Crippen LogP contribution < -0.4 is 15.4 Å². The number of halogens is 2. The number of hydrogen-bond acceptors (Lipinski definition) is 9. The third-order valence-corrected chi connectivity index (χ3v) is 8.69. The van der Waals surface area contributed by atoms with E-state index in [4.69, 9.17) is 4.74 Å². The molecule has 38 heavy (non-hydrogen) atoms. The summed E-state index contributed by atoms with van der Waals surface area (Å²) in [5, 5.41) is 26.8. The maximum Gasteiger partial charge on any atom is 0.408 e. The van der Waals surface area contributed by atoms with Crippen molar-refractivity contribution in [2.75, 3.05) is 17.6 Å². The number of nitrogens with zero attached hydrogens (tertiary/aromatic N) is 1. The Morgan fingerprint density at radius 3 is 2.39 bits per heavy atom. The summed E-state index contributed by atoms with van der Waals surface area (Å²) in [6.45, 7) is 7.24. The second kappa shape index (κ2) is 13.6. The van der Waals surface area contributed by atoms with Crippen molar-refractivity contribution in [3.8, 4) is 0 Å². The van der Waals surface area contributed by atoms with Crippen molar-refractivity contribution < 1.29 is 36.9 Å². The fourth-order valence-electron chi connectivity index (χ4n) is 3.96. The van der Waals surface area contributed by atoms with Crippen LogP contribution in [0.5, 0.6) is 0 Å². The number of sulfonamides is 1. The molecule has 0 aromatic carbocycles. The summed E-state index contributed by atoms with van der Waals surface area (Å²) in [6, 6.07) is 0.651. The van der Waals surface area contributed by atoms with E-state index >= 15 is 0 Å². The van der Waals surface area contributed by atoms with Crippen molar-refractivity contribution in [2.45, 2.75) is 106 Å². The lowest BCUT2D eigenvalue weighted by molar-refractivity contribution is 0.0366. The lowest BCUT2D eigenvalue weighted by atomic mass is 9.83. The van der Waals surface area contributed by atoms with Crippen LogP contribution >= 0.6 is 11.8 Å². The maximum absolute atomic E-state index is 12.7. The van der Waals surface area contributed by atoms with Crippen molar-refractivity contribution in [3.05, 3.63) is 12.3 Å². The maximum atomic E-state index is 12.7. The first-order valence-electron chi connectivity index (χ1n) is 12.5. The van der Waals surface area contributed by atoms with Gasteiger partial charge in [0.25, 0.3) is 6.43 Å². The summed E-state index contributed by atoms with van der Waals surface area (Å²) >= 11 is 1.00. The first-order chi connectivity index (χ1) is 17.5. The molecular formula is C24H40F2N4O6S2. The van der Waals surface area contributed by atoms with E-state index in [0.29, 0.717) is 0 Å². The molecule has 0 saturated heterocycles. The fraction of sp³-hybridized carbons (Fsp3) is 0.750. The van der Waals surface area contributed by atoms with E-state index in [1.807, 2.05) is 4.72 Å². The van der Waals surface area contributed by atoms with Crippen molar-refractivity contribution in [3.63, 3.8) is 0 Å². The topological polar surface area (TPSA) is 150 Å². The Morgan fingerprint density at radius 1 is 1.21 bits per heavy atom. The number of thioether (sulfide) groups is 1. The van der Waals surface area contributed by atoms with Crippen LogP contribution in [-0.2, 0) is 14.8 Å². The zero-order chi connectivity index (χ0) is 28.7. The summed E-state index contributed by atoms with van der Waals surface area (Å²) in [4.78, 5) is 16.4. The number of carbonyl (C=O) groups excluding carboxylic acids is 1. The van der Waals surface area contributed by atoms with Crippen LogP contribution in [0.2, 0.25) is 0 Å². The van der Waals surface area contributed by atoms with E-state index in [1.54, 1.807) is 34.6 Å². The second-order valence-electron chi connectivity index (χ2n) is 11.0. The standard InChI is InChI=1S/C24H40F2N4O6S2/c1-23(2,3)36-22(32)30-20(15-9-7-6-8-10-15)21(31)29-19-11-16(37-14-24(4,5)33)17(12-27-19)38(34,35)28-13-18(25)26/h11-12,15,18,20-21,28,31,33H,6-10,13-14H2,1-5H3,(H,27,29)(H,30,32)/t20-,21-/m0/s1. The molecule has 1 fully saturated rings. The summed E-state index contributed by atoms with van der Waals surface area (Å²) in [5.74, 6) is 0.178. The molecule has 0 bridgehead atoms. The third kappa shape index (κ3) is 11.2. The summed E-state index contributed by atoms with van der Waals surface area (Å²) in [7, 11) is -4.32. The smallest absolute Gasteiger partial charge is 0.408 e. The van der Waals surface area contributed by atoms with Gasteiger partial charge < -0.3 is 25.6 Å². The number of alkyl carbamates (subject to hydrolysis) is 1. The Bertz CT molecular complexity index is 1030. The first-order valence-corrected chi connectivity index (χ1v) is 15.0. The number of hydrogen-bond donors (Lipinski definition) is 5. The van der Waals surface area contributed by atoms with Crippen LogP contribution in [-0.4, -0.2) is 71.9 Å². The second-order valence-corrected chi connectivity index (χ2v) is 13.8. The molecule has 1 aliphatic rings. The molecule has 1 aromatic rings. The van der Waals surface area contributed by atoms with Crippen LogP contribution in [0.4, 0.5) is 19.4 Å². The van der Waals surface area contributed by atoms with Gasteiger partial charge in [-0.2, -0.15) is 0 Å². The Hall–Kier alpha value is -1.74. The minimum Gasteiger partial charge on any atom is -0.444 e. The van der Waals surface area contributed by atoms with Gasteiger partial charge in [0, 0.05) is 10.6 Å². The van der Waals surface area contributed by atoms with E-state index in [1.165, 1.54) is 6.07 Å². The Balaban J connectivity index is 2.32. The molecule has 1 aromatic heterocycles. The largest absolute Gasteiger partial charge is 0.444 e. The highest BCUT2D eigenvalue weighted by molar-refractivity contribution is 8.00. The zero-order valence-corrected chi connectivity index (χ0v) is 24.1. The van der Waals surface area contributed by atoms with E-state index in [0.717, 1.165) is 50.1 Å². The molecule has 2 atom stereocenters. The molecule has 5 N–H and O–H groups in total. The zero-order valence-electron chi connectivity index (χ0n) is 22.5. The molecule has 2 rings (SSSR count). The Morgan fingerprint density at radius 2 is 1.84 bits per heavy atom. The number of carbonyl (C=O) groups is 1. The average Bonchev–Trinajstić information content (AvgIpc) is 2.79. The number of pyridine rings is 1. The van der Waals surface area contributed by atoms with Gasteiger partial charge in [-0.15, -0.1) is 11.8 Å². The Kier molecular flexibility index (Phi) is 11.6. The number of aliphatic hydroxyl groups is 2. The van der Waals surface area contributed by atoms with Crippen LogP contribution in [0.1, 0.15) is 66.7 Å². The number of aliphatic hydroxyl groups excluding tert-OH is 1. The number of ether oxygens (including phenoxy) is 1. The van der Waals surface area contributed by atoms with E-state index in [2.05, 4.69) is 15.6 Å². The lowest BCUT2D eigenvalue weighted by Crippen LogP contribution is -2.52. The molecule has 0 radical (unpaired) electrons. The highest BCUT2D eigenvalue weighted by Crippen LogP contribution is 2.32. The molecule has 218 valence electrons. The molecule has 10 nitrogen and oxygen atoms in total. The van der Waals surface area contributed by atoms with Crippen LogP contribution in [0.3, 0.4) is 0 Å². The molecule has 0 spiro atoms. The highest BCUT2D eigenvalue weighted by Gasteiger charge is 2.33. The van der Waals surface area contributed by atoms with Crippen molar-refractivity contribution in [2.24, 2.45) is 5.92 Å². The highest BCUT2D eigenvalue weighted by atomic mass is 32.2. The van der Waals surface area contributed by atoms with Gasteiger partial charge in [0.2, 0.25) is 10.0 Å². The predicted molar refractivity (Wildman–Crippen MR) is 142 cm³/mol. The van der Waals surface area contributed by atoms with Crippen LogP contribution in [0.25, 0.3) is 0 Å². The van der Waals surface area contributed by atoms with Gasteiger partial charge in [-0.1, -0.05) is 19.3 Å². The molecular weight excluding hydrogens is 542 g/mol. The number of nitrogens with one attached hydrogen (secondary N) is 3. The quantitative estimate of drug-likeness (QED) is 0.184. The van der Waals surface area contributed by atoms with E-state index in [9.17, 15) is 32.2 Å². The predicted octanol–water partition coefficient (Wildman–Crippen LogP) is 3.69. The number of anilines is 1. The summed E-state index contributed by atoms with van der Waals surface area (Å²) < 4.78 is 57.9. The molecule has 1 aliphatic carbocycles. The summed E-state index contributed by atoms with van der Waals surface area (Å²) in [6.07, 6.45) is 0.745. The van der Waals surface area contributed by atoms with Crippen molar-refractivity contribution in [1.29, 1.82) is 0 Å². The number of aromatic nitrogens is 1. The first kappa shape index (κ1) is 32.5. The molecule has 0 aliphatic heterocycles. The van der Waals surface area contributed by atoms with Gasteiger partial charge in [-0.3, -0.25) is 0 Å². The third-order valence-electron chi connectivity index (χ3n) is 5.61. The summed E-state index contributed by atoms with van der Waals surface area (Å²) in [5.41, 5.74) is -1.88. The van der Waals surface area contributed by atoms with Gasteiger partial charge in [-0.05, 0) is 59.4 Å². The Labute approximate surface area is 227 Å². The van der Waals surface area contributed by atoms with Crippen LogP contribution in [0, 0.1) is 5.92 Å². The SMILES string of the molecule is CC(C)(O)CSc1cc(N[C@@H](O)[C@@H](NC(=O)OC(C)(C)C)C2CCCCC2)ncc1S(=O)(=O)NCC(F)F. The average molecular weight is 583 g/mol. The van der Waals surface area contributed by atoms with Crippen molar-refractivity contribution in [1.82, 2.24) is 15.0 Å². The van der Waals surface area contributed by atoms with E-state index < -0.39 is 52.6 Å². The number of rotatable bonds is 12. The van der Waals surface area contributed by atoms with Gasteiger partial charge in [-0.25, -0.2) is 31.7 Å². The fourth-order valence-corrected chi connectivity index (χ4v) is 6.38. The molecule has 1 saturated carbocycles. The lowest BCUT2D eigenvalue weighted by Gasteiger charge is -2.35. The molecule has 1 heterocycles. The van der Waals surface area contributed by atoms with Crippen LogP contribution in [0.15, 0.2) is 22.1 Å². The monoisotopic (exact) mass is 582 g/mol. The minimum atomic E-state index is -4.32. The van der Waals surface area contributed by atoms with Gasteiger partial charge in [0.15, 0.2) is 0 Å². The number of alkyl halides is 2. The molecule has 0 unspecified atom stereocenters. The van der Waals surface area contributed by atoms with Gasteiger partial charge in [0.05, 0.1) is 24.4 Å². The van der Waals surface area contributed by atoms with Gasteiger partial charge in [0.1, 0.15) is 22.5 Å². The van der Waals surface area contributed by atoms with Crippen molar-refractivity contribution >= 4 is 33.7 Å².